The summed E-state index contributed by atoms with van der Waals surface area (Å²) in [5.74, 6) is 1.71. The van der Waals surface area contributed by atoms with Gasteiger partial charge in [0.1, 0.15) is 12.7 Å². The Kier molecular flexibility index (Phi) is 45.1. The topological polar surface area (TPSA) is 113 Å². The largest absolute Gasteiger partial charge is 3.00 e. The van der Waals surface area contributed by atoms with Crippen molar-refractivity contribution in [3.05, 3.63) is 607 Å². The van der Waals surface area contributed by atoms with Gasteiger partial charge in [0.05, 0.1) is 11.8 Å². The first-order valence-corrected chi connectivity index (χ1v) is 47.8. The summed E-state index contributed by atoms with van der Waals surface area (Å²) in [7, 11) is 0. The van der Waals surface area contributed by atoms with Crippen molar-refractivity contribution in [2.24, 2.45) is 5.92 Å². The molecule has 2 aliphatic heterocycles. The normalized spacial score (nSPS) is 10.6. The fourth-order valence-electron chi connectivity index (χ4n) is 15.7. The molecule has 3 radical (unpaired) electrons. The van der Waals surface area contributed by atoms with E-state index in [4.69, 9.17) is 0 Å². The number of rotatable bonds is 15. The van der Waals surface area contributed by atoms with Crippen LogP contribution in [0.15, 0.2) is 529 Å². The summed E-state index contributed by atoms with van der Waals surface area (Å²) in [6.07, 6.45) is 20.1. The molecule has 0 fully saturated rings. The van der Waals surface area contributed by atoms with Crippen LogP contribution in [0.4, 0.5) is 11.4 Å². The Bertz CT molecular complexity index is 7190. The van der Waals surface area contributed by atoms with Crippen molar-refractivity contribution in [1.29, 1.82) is 0 Å². The number of hydrogen-bond acceptors (Lipinski definition) is 10. The molecular weight excluding hydrogens is 2520 g/mol. The van der Waals surface area contributed by atoms with Crippen LogP contribution in [0.5, 0.6) is 0 Å². The van der Waals surface area contributed by atoms with Gasteiger partial charge in [-0.3, -0.25) is 0 Å². The molecule has 0 aliphatic carbocycles. The maximum atomic E-state index is 4.65. The summed E-state index contributed by atoms with van der Waals surface area (Å²) in [5.41, 5.74) is 32.2. The van der Waals surface area contributed by atoms with E-state index in [2.05, 4.69) is 271 Å². The summed E-state index contributed by atoms with van der Waals surface area (Å²) in [6.45, 7) is 11.6. The van der Waals surface area contributed by atoms with Crippen LogP contribution in [-0.4, -0.2) is 39.9 Å². The zero-order valence-electron chi connectivity index (χ0n) is 82.1. The summed E-state index contributed by atoms with van der Waals surface area (Å²) in [6, 6.07) is 181. The van der Waals surface area contributed by atoms with Gasteiger partial charge in [0.2, 0.25) is 0 Å². The minimum absolute atomic E-state index is 0. The molecule has 733 valence electrons. The molecule has 10 heterocycles. The fourth-order valence-corrected chi connectivity index (χ4v) is 15.7. The van der Waals surface area contributed by atoms with E-state index >= 15 is 0 Å². The molecule has 2 aliphatic rings. The van der Waals surface area contributed by atoms with Gasteiger partial charge in [-0.2, -0.15) is 30.3 Å². The van der Waals surface area contributed by atoms with Crippen LogP contribution in [0.3, 0.4) is 0 Å². The van der Waals surface area contributed by atoms with Gasteiger partial charge >= 0.3 is 25.9 Å². The van der Waals surface area contributed by atoms with Crippen molar-refractivity contribution >= 4 is 11.4 Å². The van der Waals surface area contributed by atoms with E-state index in [1.54, 1.807) is 24.8 Å². The van der Waals surface area contributed by atoms with Gasteiger partial charge in [0.25, 0.3) is 0 Å². The molecule has 8 aromatic heterocycles. The van der Waals surface area contributed by atoms with Crippen molar-refractivity contribution in [3.8, 4) is 135 Å². The SMILES string of the molecule is CC(C)Cc1cccc(-c2[c-]cccc2)n1.Cc1cc(-c2[c-]cccc2)ncc1-c1ccccc1.Cc1ccccc1-c1ccc(-c2[c-]cccc2)nc1.[Ir+3].[Ir].[Ir].[Ir].[c-]1ccc(-c2ccccc2)cc1-c1ccccn1.[c-]1ccccc1-c1ccccn1.[c-]1ccccc1-c1ccccn1.[c-]1ccccc1-c1ccccn1.[c-]1ccccc1N1C=CN(c2ccccc2)[CH-]1.c1ccc(-c2ccc3c(c2)-c2nccc[n+]2C3)cc1. The third-order valence-corrected chi connectivity index (χ3v) is 22.9. The van der Waals surface area contributed by atoms with Gasteiger partial charge in [-0.05, 0) is 176 Å². The molecule has 22 aromatic rings. The summed E-state index contributed by atoms with van der Waals surface area (Å²) in [4.78, 5) is 39.4. The summed E-state index contributed by atoms with van der Waals surface area (Å²) < 4.78 is 2.19. The minimum atomic E-state index is 0. The molecule has 11 nitrogen and oxygen atoms in total. The van der Waals surface area contributed by atoms with E-state index < -0.39 is 0 Å². The second-order valence-electron chi connectivity index (χ2n) is 33.6. The Labute approximate surface area is 925 Å². The second-order valence-corrected chi connectivity index (χ2v) is 33.6. The second kappa shape index (κ2) is 60.2. The summed E-state index contributed by atoms with van der Waals surface area (Å²) in [5, 5.41) is 0. The number of aromatic nitrogens is 9. The first-order valence-electron chi connectivity index (χ1n) is 47.8. The van der Waals surface area contributed by atoms with E-state index in [1.165, 1.54) is 61.2 Å². The molecule has 24 rings (SSSR count). The molecule has 0 saturated carbocycles. The van der Waals surface area contributed by atoms with Crippen molar-refractivity contribution in [2.45, 2.75) is 40.7 Å². The van der Waals surface area contributed by atoms with Crippen LogP contribution < -0.4 is 14.4 Å². The zero-order chi connectivity index (χ0) is 98.6. The third-order valence-electron chi connectivity index (χ3n) is 22.9. The smallest absolute Gasteiger partial charge is 0.500 e. The zero-order valence-corrected chi connectivity index (χ0v) is 91.6. The molecule has 0 spiro atoms. The molecule has 14 aromatic carbocycles. The molecule has 0 N–H and O–H groups in total. The standard InChI is InChI=1S/2C18H14N.C17H13N2.C17H12N.C15H12N2.C15H16N.3C11H8N.4Ir/c1-14-12-18(16-10-6-3-7-11-16)19-13-17(14)15-8-4-2-5-9-15;1-14-7-5-6-10-17(14)16-11-12-18(19-13-16)15-8-3-2-4-9-15;1-2-5-13(6-3-1)14-7-8-15-12-19-10-4-9-18-17(19)16(15)11-14;1-2-7-14(8-3-1)15-9-6-10-16(13-15)17-11-4-5-12-18-17;1-3-7-14(8-4-1)16-11-12-17(13-16)15-9-5-2-6-10-15;1-12(2)11-14-9-6-10-15(16-14)13-7-4-3-5-8-13;3*1-2-6-10(7-3-1)11-8-4-5-9-12-11;;;;/h2-10,12-13H,1H3;2-8,10-13H,1H3;1-11H,12H2;1-9,11-13H;1-9,11-13H;3-7,9-10,12H,11H2,1-2H3;3*1-6,8-9H;;;;/q2*-1;+1;-1;-2;4*-1;;;;+3. The number of hydrogen-bond donors (Lipinski definition) is 0. The van der Waals surface area contributed by atoms with Crippen LogP contribution in [0.25, 0.3) is 135 Å². The van der Waals surface area contributed by atoms with E-state index in [0.717, 1.165) is 120 Å². The number of aryl methyl sites for hydroxylation is 2. The maximum absolute atomic E-state index is 4.65. The number of para-hydroxylation sites is 2. The average Bonchev–Trinajstić information content (AvgIpc) is 1.63. The molecule has 0 amide bonds. The van der Waals surface area contributed by atoms with Crippen LogP contribution in [0.1, 0.15) is 36.2 Å². The van der Waals surface area contributed by atoms with Crippen LogP contribution >= 0.6 is 0 Å². The van der Waals surface area contributed by atoms with Crippen LogP contribution in [0.2, 0.25) is 0 Å². The van der Waals surface area contributed by atoms with E-state index in [-0.39, 0.29) is 80.4 Å². The Hall–Kier alpha value is -15.9. The number of benzene rings is 14. The van der Waals surface area contributed by atoms with E-state index in [0.29, 0.717) is 5.92 Å². The molecule has 0 saturated heterocycles. The Balaban J connectivity index is 0.000000148. The predicted molar refractivity (Wildman–Crippen MR) is 588 cm³/mol. The van der Waals surface area contributed by atoms with Crippen molar-refractivity contribution in [1.82, 2.24) is 39.9 Å². The Morgan fingerprint density at radius 1 is 0.284 bits per heavy atom. The van der Waals surface area contributed by atoms with Gasteiger partial charge in [-0.15, -0.1) is 263 Å². The molecule has 0 atom stereocenters. The minimum Gasteiger partial charge on any atom is -0.500 e. The van der Waals surface area contributed by atoms with Gasteiger partial charge in [-0.25, -0.2) is 4.57 Å². The molecular formula is C133H105Ir4N11-5. The quantitative estimate of drug-likeness (QED) is 0.0726. The van der Waals surface area contributed by atoms with E-state index in [1.807, 2.05) is 370 Å². The third kappa shape index (κ3) is 33.3. The Morgan fingerprint density at radius 3 is 1.15 bits per heavy atom. The number of nitrogens with zero attached hydrogens (tertiary/aromatic N) is 11. The van der Waals surface area contributed by atoms with Gasteiger partial charge in [-0.1, -0.05) is 238 Å². The van der Waals surface area contributed by atoms with Crippen molar-refractivity contribution < 1.29 is 85.0 Å². The number of fused-ring (bicyclic) bond motifs is 3. The van der Waals surface area contributed by atoms with Crippen LogP contribution in [0, 0.1) is 75.0 Å². The molecule has 0 bridgehead atoms. The summed E-state index contributed by atoms with van der Waals surface area (Å²) >= 11 is 0. The molecule has 15 heteroatoms. The van der Waals surface area contributed by atoms with Gasteiger partial charge in [0, 0.05) is 126 Å². The van der Waals surface area contributed by atoms with Gasteiger partial charge in [0.15, 0.2) is 0 Å². The number of pyridine rings is 7. The van der Waals surface area contributed by atoms with Crippen molar-refractivity contribution in [3.63, 3.8) is 0 Å². The van der Waals surface area contributed by atoms with Gasteiger partial charge < -0.3 is 44.7 Å². The van der Waals surface area contributed by atoms with E-state index in [9.17, 15) is 0 Å². The Morgan fingerprint density at radius 2 is 0.689 bits per heavy atom. The predicted octanol–water partition coefficient (Wildman–Crippen LogP) is 31.1. The van der Waals surface area contributed by atoms with Crippen LogP contribution in [-0.2, 0) is 93.4 Å². The fraction of sp³-hybridized carbons (Fsp3) is 0.0526. The first-order chi connectivity index (χ1) is 71.1. The first kappa shape index (κ1) is 111. The number of anilines is 2. The van der Waals surface area contributed by atoms with Crippen molar-refractivity contribution in [2.75, 3.05) is 9.80 Å². The molecule has 148 heavy (non-hydrogen) atoms. The average molecular weight is 2630 g/mol. The maximum Gasteiger partial charge on any atom is 3.00 e. The monoisotopic (exact) mass is 2630 g/mol. The molecule has 0 unspecified atom stereocenters.